The first-order valence-corrected chi connectivity index (χ1v) is 5.76. The normalized spacial score (nSPS) is 10.6. The number of likely N-dealkylation sites (N-methyl/N-ethyl adjacent to an activating group) is 1. The summed E-state index contributed by atoms with van der Waals surface area (Å²) in [6.45, 7) is 4.87. The van der Waals surface area contributed by atoms with Gasteiger partial charge in [0.1, 0.15) is 17.3 Å². The van der Waals surface area contributed by atoms with Gasteiger partial charge in [0.05, 0.1) is 5.56 Å². The number of carbonyl (C=O) groups is 2. The fourth-order valence-corrected chi connectivity index (χ4v) is 1.63. The number of carboxylic acids is 1. The van der Waals surface area contributed by atoms with Crippen molar-refractivity contribution in [2.75, 3.05) is 6.54 Å². The van der Waals surface area contributed by atoms with Crippen LogP contribution in [-0.2, 0) is 4.79 Å². The van der Waals surface area contributed by atoms with Crippen LogP contribution in [-0.4, -0.2) is 39.0 Å². The van der Waals surface area contributed by atoms with Crippen LogP contribution in [0.5, 0.6) is 0 Å². The molecule has 6 heteroatoms. The topological polar surface area (TPSA) is 94.3 Å². The summed E-state index contributed by atoms with van der Waals surface area (Å²) in [7, 11) is 0. The molecule has 1 amide bonds. The van der Waals surface area contributed by atoms with Crippen LogP contribution in [0.15, 0.2) is 18.3 Å². The number of hydrogen-bond donors (Lipinski definition) is 1. The van der Waals surface area contributed by atoms with Gasteiger partial charge in [0.15, 0.2) is 0 Å². The highest BCUT2D eigenvalue weighted by Gasteiger charge is 2.37. The molecule has 0 aliphatic rings. The molecule has 1 aromatic rings. The molecule has 0 saturated heterocycles. The largest absolute Gasteiger partial charge is 0.480 e. The van der Waals surface area contributed by atoms with E-state index in [2.05, 4.69) is 4.98 Å². The Labute approximate surface area is 111 Å². The average molecular weight is 261 g/mol. The first-order valence-electron chi connectivity index (χ1n) is 5.76. The van der Waals surface area contributed by atoms with Crippen LogP contribution in [0.2, 0.25) is 0 Å². The molecule has 1 N–H and O–H groups in total. The summed E-state index contributed by atoms with van der Waals surface area (Å²) in [5, 5.41) is 17.8. The van der Waals surface area contributed by atoms with E-state index in [1.54, 1.807) is 6.92 Å². The maximum atomic E-state index is 12.2. The molecule has 100 valence electrons. The van der Waals surface area contributed by atoms with Gasteiger partial charge in [-0.3, -0.25) is 4.79 Å². The fourth-order valence-electron chi connectivity index (χ4n) is 1.63. The molecule has 0 bridgehead atoms. The molecule has 6 nitrogen and oxygen atoms in total. The molecule has 1 rings (SSSR count). The third-order valence-corrected chi connectivity index (χ3v) is 2.87. The summed E-state index contributed by atoms with van der Waals surface area (Å²) in [5.41, 5.74) is -0.853. The number of hydrogen-bond acceptors (Lipinski definition) is 4. The Hall–Kier alpha value is -2.42. The van der Waals surface area contributed by atoms with Gasteiger partial charge in [-0.05, 0) is 32.9 Å². The number of nitriles is 1. The van der Waals surface area contributed by atoms with E-state index in [1.165, 1.54) is 37.1 Å². The van der Waals surface area contributed by atoms with Crippen molar-refractivity contribution >= 4 is 11.9 Å². The molecule has 0 atom stereocenters. The molecule has 1 heterocycles. The Morgan fingerprint density at radius 2 is 2.11 bits per heavy atom. The summed E-state index contributed by atoms with van der Waals surface area (Å²) in [5.74, 6) is -1.56. The molecule has 1 aromatic heterocycles. The summed E-state index contributed by atoms with van der Waals surface area (Å²) in [6, 6.07) is 4.80. The second-order valence-corrected chi connectivity index (χ2v) is 4.46. The standard InChI is InChI=1S/C13H15N3O3/c1-4-16(13(2,3)12(18)19)11(17)10-6-5-9(7-14)8-15-10/h5-6,8H,4H2,1-3H3,(H,18,19). The zero-order valence-electron chi connectivity index (χ0n) is 11.0. The third kappa shape index (κ3) is 2.88. The van der Waals surface area contributed by atoms with E-state index in [-0.39, 0.29) is 12.2 Å². The van der Waals surface area contributed by atoms with Gasteiger partial charge in [-0.25, -0.2) is 9.78 Å². The van der Waals surface area contributed by atoms with Crippen LogP contribution < -0.4 is 0 Å². The van der Waals surface area contributed by atoms with Gasteiger partial charge in [-0.1, -0.05) is 0 Å². The number of aromatic nitrogens is 1. The van der Waals surface area contributed by atoms with Crippen molar-refractivity contribution in [1.82, 2.24) is 9.88 Å². The van der Waals surface area contributed by atoms with E-state index in [0.29, 0.717) is 5.56 Å². The highest BCUT2D eigenvalue weighted by Crippen LogP contribution is 2.17. The van der Waals surface area contributed by atoms with Crippen molar-refractivity contribution in [3.8, 4) is 6.07 Å². The number of carbonyl (C=O) groups excluding carboxylic acids is 1. The zero-order valence-corrected chi connectivity index (χ0v) is 11.0. The zero-order chi connectivity index (χ0) is 14.6. The molecular formula is C13H15N3O3. The van der Waals surface area contributed by atoms with Crippen molar-refractivity contribution in [2.45, 2.75) is 26.3 Å². The minimum absolute atomic E-state index is 0.121. The van der Waals surface area contributed by atoms with E-state index in [0.717, 1.165) is 0 Å². The fraction of sp³-hybridized carbons (Fsp3) is 0.385. The third-order valence-electron chi connectivity index (χ3n) is 2.87. The van der Waals surface area contributed by atoms with E-state index in [1.807, 2.05) is 6.07 Å². The Morgan fingerprint density at radius 1 is 1.47 bits per heavy atom. The van der Waals surface area contributed by atoms with Crippen LogP contribution in [0.4, 0.5) is 0 Å². The molecular weight excluding hydrogens is 246 g/mol. The highest BCUT2D eigenvalue weighted by atomic mass is 16.4. The first-order chi connectivity index (χ1) is 8.84. The van der Waals surface area contributed by atoms with Gasteiger partial charge >= 0.3 is 5.97 Å². The molecule has 0 aliphatic heterocycles. The number of nitrogens with zero attached hydrogens (tertiary/aromatic N) is 3. The smallest absolute Gasteiger partial charge is 0.329 e. The first kappa shape index (κ1) is 14.6. The summed E-state index contributed by atoms with van der Waals surface area (Å²) in [4.78, 5) is 28.6. The lowest BCUT2D eigenvalue weighted by molar-refractivity contribution is -0.147. The van der Waals surface area contributed by atoms with E-state index in [4.69, 9.17) is 10.4 Å². The molecule has 0 aliphatic carbocycles. The molecule has 0 spiro atoms. The molecule has 0 unspecified atom stereocenters. The van der Waals surface area contributed by atoms with Crippen LogP contribution in [0.3, 0.4) is 0 Å². The number of aliphatic carboxylic acids is 1. The van der Waals surface area contributed by atoms with Gasteiger partial charge < -0.3 is 10.0 Å². The predicted molar refractivity (Wildman–Crippen MR) is 67.4 cm³/mol. The Morgan fingerprint density at radius 3 is 2.47 bits per heavy atom. The SMILES string of the molecule is CCN(C(=O)c1ccc(C#N)cn1)C(C)(C)C(=O)O. The minimum Gasteiger partial charge on any atom is -0.480 e. The molecule has 0 saturated carbocycles. The molecule has 0 fully saturated rings. The van der Waals surface area contributed by atoms with Crippen LogP contribution >= 0.6 is 0 Å². The van der Waals surface area contributed by atoms with Crippen molar-refractivity contribution in [2.24, 2.45) is 0 Å². The van der Waals surface area contributed by atoms with Crippen LogP contribution in [0.25, 0.3) is 0 Å². The second-order valence-electron chi connectivity index (χ2n) is 4.46. The Balaban J connectivity index is 3.09. The lowest BCUT2D eigenvalue weighted by atomic mass is 10.0. The van der Waals surface area contributed by atoms with E-state index < -0.39 is 17.4 Å². The van der Waals surface area contributed by atoms with Crippen LogP contribution in [0, 0.1) is 11.3 Å². The van der Waals surface area contributed by atoms with Gasteiger partial charge in [-0.2, -0.15) is 5.26 Å². The summed E-state index contributed by atoms with van der Waals surface area (Å²) >= 11 is 0. The van der Waals surface area contributed by atoms with Crippen LogP contribution in [0.1, 0.15) is 36.8 Å². The van der Waals surface area contributed by atoms with Gasteiger partial charge in [0.25, 0.3) is 5.91 Å². The molecule has 0 radical (unpaired) electrons. The minimum atomic E-state index is -1.32. The van der Waals surface area contributed by atoms with Crippen molar-refractivity contribution in [3.63, 3.8) is 0 Å². The maximum Gasteiger partial charge on any atom is 0.329 e. The lowest BCUT2D eigenvalue weighted by Crippen LogP contribution is -2.53. The monoisotopic (exact) mass is 261 g/mol. The van der Waals surface area contributed by atoms with Gasteiger partial charge in [-0.15, -0.1) is 0 Å². The van der Waals surface area contributed by atoms with Crippen molar-refractivity contribution in [1.29, 1.82) is 5.26 Å². The summed E-state index contributed by atoms with van der Waals surface area (Å²) < 4.78 is 0. The second kappa shape index (κ2) is 5.48. The lowest BCUT2D eigenvalue weighted by Gasteiger charge is -2.33. The van der Waals surface area contributed by atoms with E-state index >= 15 is 0 Å². The summed E-state index contributed by atoms with van der Waals surface area (Å²) in [6.07, 6.45) is 1.29. The van der Waals surface area contributed by atoms with Gasteiger partial charge in [0, 0.05) is 12.7 Å². The van der Waals surface area contributed by atoms with E-state index in [9.17, 15) is 9.59 Å². The number of pyridine rings is 1. The number of carboxylic acid groups (broad SMARTS) is 1. The van der Waals surface area contributed by atoms with Crippen molar-refractivity contribution in [3.05, 3.63) is 29.6 Å². The average Bonchev–Trinajstić information content (AvgIpc) is 2.39. The highest BCUT2D eigenvalue weighted by molar-refractivity contribution is 5.96. The maximum absolute atomic E-state index is 12.2. The number of amides is 1. The Bertz CT molecular complexity index is 529. The van der Waals surface area contributed by atoms with Crippen molar-refractivity contribution < 1.29 is 14.7 Å². The quantitative estimate of drug-likeness (QED) is 0.880. The Kier molecular flexibility index (Phi) is 4.22. The predicted octanol–water partition coefficient (Wildman–Crippen LogP) is 1.28. The number of rotatable bonds is 4. The molecule has 0 aromatic carbocycles. The molecule has 19 heavy (non-hydrogen) atoms. The van der Waals surface area contributed by atoms with Gasteiger partial charge in [0.2, 0.25) is 0 Å².